The van der Waals surface area contributed by atoms with Gasteiger partial charge in [0.2, 0.25) is 0 Å². The van der Waals surface area contributed by atoms with Crippen molar-refractivity contribution in [3.05, 3.63) is 53.1 Å². The van der Waals surface area contributed by atoms with Crippen LogP contribution >= 0.6 is 0 Å². The number of nitrogens with zero attached hydrogens (tertiary/aromatic N) is 1. The number of carbonyl (C=O) groups is 2. The van der Waals surface area contributed by atoms with Crippen LogP contribution in [0.3, 0.4) is 0 Å². The summed E-state index contributed by atoms with van der Waals surface area (Å²) >= 11 is 0. The maximum atomic E-state index is 13.7. The lowest BCUT2D eigenvalue weighted by atomic mass is 9.96. The number of benzene rings is 1. The molecule has 0 radical (unpaired) electrons. The number of halogens is 2. The van der Waals surface area contributed by atoms with Crippen LogP contribution in [0.5, 0.6) is 0 Å². The predicted molar refractivity (Wildman–Crippen MR) is 84.3 cm³/mol. The van der Waals surface area contributed by atoms with Gasteiger partial charge in [-0.3, -0.25) is 9.59 Å². The number of hydrogen-bond donors (Lipinski definition) is 1. The van der Waals surface area contributed by atoms with Crippen LogP contribution in [-0.2, 0) is 9.59 Å². The van der Waals surface area contributed by atoms with E-state index in [1.165, 1.54) is 11.0 Å². The molecule has 1 aromatic rings. The smallest absolute Gasteiger partial charge is 0.183 e. The highest BCUT2D eigenvalue weighted by atomic mass is 19.2. The van der Waals surface area contributed by atoms with E-state index in [1.807, 2.05) is 0 Å². The van der Waals surface area contributed by atoms with Crippen LogP contribution in [0.2, 0.25) is 0 Å². The highest BCUT2D eigenvalue weighted by Crippen LogP contribution is 2.34. The van der Waals surface area contributed by atoms with Crippen molar-refractivity contribution in [3.8, 4) is 0 Å². The number of carbonyl (C=O) groups excluding carboxylic acids is 2. The van der Waals surface area contributed by atoms with Crippen LogP contribution in [0.1, 0.15) is 38.5 Å². The summed E-state index contributed by atoms with van der Waals surface area (Å²) in [5.74, 6) is -2.73. The molecule has 0 spiro atoms. The molecule has 0 saturated heterocycles. The van der Waals surface area contributed by atoms with Crippen molar-refractivity contribution in [1.29, 1.82) is 0 Å². The average molecular weight is 333 g/mol. The first-order valence-corrected chi connectivity index (χ1v) is 7.93. The van der Waals surface area contributed by atoms with Crippen molar-refractivity contribution in [1.82, 2.24) is 0 Å². The fraction of sp³-hybridized carbons (Fsp3) is 0.333. The molecule has 1 N–H and O–H groups in total. The van der Waals surface area contributed by atoms with Gasteiger partial charge in [-0.2, -0.15) is 0 Å². The molecule has 1 aromatic carbocycles. The Morgan fingerprint density at radius 2 is 1.71 bits per heavy atom. The molecule has 0 aliphatic heterocycles. The van der Waals surface area contributed by atoms with Crippen LogP contribution in [0.15, 0.2) is 41.4 Å². The summed E-state index contributed by atoms with van der Waals surface area (Å²) in [4.78, 5) is 26.0. The van der Waals surface area contributed by atoms with Gasteiger partial charge in [0, 0.05) is 31.0 Å². The number of aliphatic hydroxyl groups excluding tert-OH is 1. The molecule has 0 unspecified atom stereocenters. The lowest BCUT2D eigenvalue weighted by molar-refractivity contribution is -0.116. The summed E-state index contributed by atoms with van der Waals surface area (Å²) in [5, 5.41) is 10.2. The van der Waals surface area contributed by atoms with Gasteiger partial charge >= 0.3 is 0 Å². The fourth-order valence-electron chi connectivity index (χ4n) is 3.04. The molecule has 2 aliphatic carbocycles. The molecular weight excluding hydrogens is 316 g/mol. The molecule has 4 nitrogen and oxygen atoms in total. The van der Waals surface area contributed by atoms with Gasteiger partial charge in [0.15, 0.2) is 23.2 Å². The molecule has 0 aromatic heterocycles. The molecule has 3 rings (SSSR count). The maximum Gasteiger partial charge on any atom is 0.183 e. The zero-order valence-corrected chi connectivity index (χ0v) is 13.0. The van der Waals surface area contributed by atoms with Crippen molar-refractivity contribution >= 4 is 17.3 Å². The third-order valence-corrected chi connectivity index (χ3v) is 4.21. The van der Waals surface area contributed by atoms with E-state index in [4.69, 9.17) is 0 Å². The third kappa shape index (κ3) is 2.96. The number of Topliss-reactive ketones (excluding diaryl/α,β-unsaturated/α-hetero) is 2. The summed E-state index contributed by atoms with van der Waals surface area (Å²) in [6.07, 6.45) is 4.40. The molecule has 0 bridgehead atoms. The minimum atomic E-state index is -1.08. The summed E-state index contributed by atoms with van der Waals surface area (Å²) in [6, 6.07) is 3.17. The summed E-state index contributed by atoms with van der Waals surface area (Å²) in [7, 11) is 0. The van der Waals surface area contributed by atoms with E-state index in [9.17, 15) is 23.5 Å². The quantitative estimate of drug-likeness (QED) is 0.910. The van der Waals surface area contributed by atoms with Crippen LogP contribution in [0, 0.1) is 11.6 Å². The molecule has 24 heavy (non-hydrogen) atoms. The minimum absolute atomic E-state index is 0.0197. The van der Waals surface area contributed by atoms with Crippen LogP contribution in [-0.4, -0.2) is 16.7 Å². The van der Waals surface area contributed by atoms with Gasteiger partial charge in [-0.25, -0.2) is 8.78 Å². The lowest BCUT2D eigenvalue weighted by Gasteiger charge is -2.32. The molecule has 0 saturated carbocycles. The third-order valence-electron chi connectivity index (χ3n) is 4.21. The van der Waals surface area contributed by atoms with E-state index in [2.05, 4.69) is 0 Å². The van der Waals surface area contributed by atoms with Gasteiger partial charge in [0.25, 0.3) is 0 Å². The van der Waals surface area contributed by atoms with Gasteiger partial charge in [0.1, 0.15) is 11.5 Å². The second-order valence-corrected chi connectivity index (χ2v) is 5.91. The van der Waals surface area contributed by atoms with Gasteiger partial charge in [-0.05, 0) is 31.4 Å². The molecule has 0 heterocycles. The Morgan fingerprint density at radius 1 is 0.958 bits per heavy atom. The Balaban J connectivity index is 2.17. The number of aliphatic hydroxyl groups is 1. The summed E-state index contributed by atoms with van der Waals surface area (Å²) < 4.78 is 27.0. The first-order valence-electron chi connectivity index (χ1n) is 7.93. The predicted octanol–water partition coefficient (Wildman–Crippen LogP) is 3.93. The van der Waals surface area contributed by atoms with Crippen LogP contribution in [0.4, 0.5) is 14.5 Å². The van der Waals surface area contributed by atoms with Gasteiger partial charge in [-0.15, -0.1) is 0 Å². The standard InChI is InChI=1S/C18H17F2NO3/c19-12-9-8-11(10-13(12)20)21(14-4-1-2-5-15(14)22)18-16(23)6-3-7-17(18)24/h4,8-10,23H,1-3,5-7H2. The van der Waals surface area contributed by atoms with E-state index in [-0.39, 0.29) is 40.8 Å². The number of hydrogen-bond acceptors (Lipinski definition) is 4. The minimum Gasteiger partial charge on any atom is -0.510 e. The fourth-order valence-corrected chi connectivity index (χ4v) is 3.04. The van der Waals surface area contributed by atoms with E-state index < -0.39 is 11.6 Å². The first-order chi connectivity index (χ1) is 11.5. The van der Waals surface area contributed by atoms with E-state index in [0.717, 1.165) is 12.1 Å². The highest BCUT2D eigenvalue weighted by molar-refractivity contribution is 6.07. The van der Waals surface area contributed by atoms with Crippen molar-refractivity contribution in [2.75, 3.05) is 4.90 Å². The Hall–Kier alpha value is -2.50. The molecular formula is C18H17F2NO3. The molecule has 2 aliphatic rings. The zero-order valence-electron chi connectivity index (χ0n) is 13.0. The van der Waals surface area contributed by atoms with Gasteiger partial charge in [0.05, 0.1) is 5.70 Å². The van der Waals surface area contributed by atoms with Crippen molar-refractivity contribution < 1.29 is 23.5 Å². The van der Waals surface area contributed by atoms with Crippen LogP contribution < -0.4 is 4.90 Å². The highest BCUT2D eigenvalue weighted by Gasteiger charge is 2.32. The Labute approximate surface area is 138 Å². The topological polar surface area (TPSA) is 57.6 Å². The number of rotatable bonds is 3. The summed E-state index contributed by atoms with van der Waals surface area (Å²) in [5.41, 5.74) is 0.352. The SMILES string of the molecule is O=C1CCCC=C1N(C1=C(O)CCCC1=O)c1ccc(F)c(F)c1. The number of ketones is 2. The molecule has 126 valence electrons. The monoisotopic (exact) mass is 333 g/mol. The number of anilines is 1. The normalized spacial score (nSPS) is 18.7. The van der Waals surface area contributed by atoms with Crippen molar-refractivity contribution in [2.24, 2.45) is 0 Å². The summed E-state index contributed by atoms with van der Waals surface area (Å²) in [6.45, 7) is 0. The number of allylic oxidation sites excluding steroid dienone is 4. The lowest BCUT2D eigenvalue weighted by Crippen LogP contribution is -2.34. The largest absolute Gasteiger partial charge is 0.510 e. The molecule has 6 heteroatoms. The second kappa shape index (κ2) is 6.55. The molecule has 0 fully saturated rings. The van der Waals surface area contributed by atoms with E-state index in [0.29, 0.717) is 32.1 Å². The average Bonchev–Trinajstić information content (AvgIpc) is 2.55. The van der Waals surface area contributed by atoms with Crippen molar-refractivity contribution in [3.63, 3.8) is 0 Å². The van der Waals surface area contributed by atoms with Gasteiger partial charge < -0.3 is 10.0 Å². The maximum absolute atomic E-state index is 13.7. The van der Waals surface area contributed by atoms with Crippen molar-refractivity contribution in [2.45, 2.75) is 38.5 Å². The Morgan fingerprint density at radius 3 is 2.38 bits per heavy atom. The van der Waals surface area contributed by atoms with E-state index in [1.54, 1.807) is 6.08 Å². The second-order valence-electron chi connectivity index (χ2n) is 5.91. The Kier molecular flexibility index (Phi) is 4.46. The van der Waals surface area contributed by atoms with Crippen LogP contribution in [0.25, 0.3) is 0 Å². The Bertz CT molecular complexity index is 768. The van der Waals surface area contributed by atoms with Gasteiger partial charge in [-0.1, -0.05) is 6.08 Å². The first kappa shape index (κ1) is 16.4. The van der Waals surface area contributed by atoms with E-state index >= 15 is 0 Å². The molecule has 0 amide bonds. The molecule has 0 atom stereocenters. The zero-order chi connectivity index (χ0) is 17.3.